The standard InChI is InChI=1S/C13H19BrN2O/c1-13(2,15)9-16-12(17)8-5-10-3-6-11(14)7-4-10/h3-4,6-7H,5,8-9,15H2,1-2H3,(H,16,17). The molecule has 0 heterocycles. The van der Waals surface area contributed by atoms with Gasteiger partial charge in [-0.25, -0.2) is 0 Å². The molecule has 94 valence electrons. The maximum Gasteiger partial charge on any atom is 0.220 e. The third kappa shape index (κ3) is 6.44. The Hall–Kier alpha value is -0.870. The molecule has 0 aliphatic heterocycles. The van der Waals surface area contributed by atoms with Crippen LogP contribution in [0.2, 0.25) is 0 Å². The number of amides is 1. The van der Waals surface area contributed by atoms with Crippen LogP contribution in [0.1, 0.15) is 25.8 Å². The maximum atomic E-state index is 11.6. The molecule has 17 heavy (non-hydrogen) atoms. The van der Waals surface area contributed by atoms with Gasteiger partial charge in [0.1, 0.15) is 0 Å². The van der Waals surface area contributed by atoms with Gasteiger partial charge < -0.3 is 11.1 Å². The van der Waals surface area contributed by atoms with Crippen LogP contribution >= 0.6 is 15.9 Å². The van der Waals surface area contributed by atoms with Gasteiger partial charge in [-0.2, -0.15) is 0 Å². The van der Waals surface area contributed by atoms with Gasteiger partial charge in [-0.1, -0.05) is 28.1 Å². The molecule has 3 nitrogen and oxygen atoms in total. The van der Waals surface area contributed by atoms with Crippen molar-refractivity contribution in [2.75, 3.05) is 6.54 Å². The smallest absolute Gasteiger partial charge is 0.220 e. The molecule has 0 bridgehead atoms. The molecule has 0 fully saturated rings. The fourth-order valence-electron chi connectivity index (χ4n) is 1.32. The predicted octanol–water partition coefficient (Wildman–Crippen LogP) is 2.24. The number of carbonyl (C=O) groups is 1. The van der Waals surface area contributed by atoms with E-state index in [0.717, 1.165) is 16.5 Å². The first-order chi connectivity index (χ1) is 7.87. The minimum Gasteiger partial charge on any atom is -0.354 e. The van der Waals surface area contributed by atoms with Crippen LogP contribution in [-0.2, 0) is 11.2 Å². The van der Waals surface area contributed by atoms with E-state index in [4.69, 9.17) is 5.73 Å². The van der Waals surface area contributed by atoms with E-state index in [2.05, 4.69) is 21.2 Å². The van der Waals surface area contributed by atoms with Gasteiger partial charge in [0.15, 0.2) is 0 Å². The second kappa shape index (κ2) is 6.17. The highest BCUT2D eigenvalue weighted by Crippen LogP contribution is 2.11. The fraction of sp³-hybridized carbons (Fsp3) is 0.462. The maximum absolute atomic E-state index is 11.6. The summed E-state index contributed by atoms with van der Waals surface area (Å²) in [4.78, 5) is 11.6. The lowest BCUT2D eigenvalue weighted by atomic mass is 10.1. The highest BCUT2D eigenvalue weighted by molar-refractivity contribution is 9.10. The summed E-state index contributed by atoms with van der Waals surface area (Å²) in [5.74, 6) is 0.0476. The fourth-order valence-corrected chi connectivity index (χ4v) is 1.59. The molecule has 0 aromatic heterocycles. The molecule has 0 aliphatic carbocycles. The number of benzene rings is 1. The number of nitrogens with one attached hydrogen (secondary N) is 1. The quantitative estimate of drug-likeness (QED) is 0.876. The molecule has 0 saturated heterocycles. The molecule has 0 spiro atoms. The van der Waals surface area contributed by atoms with E-state index in [1.54, 1.807) is 0 Å². The molecule has 0 aliphatic rings. The highest BCUT2D eigenvalue weighted by atomic mass is 79.9. The summed E-state index contributed by atoms with van der Waals surface area (Å²) in [6.07, 6.45) is 1.25. The number of hydrogen-bond acceptors (Lipinski definition) is 2. The van der Waals surface area contributed by atoms with Gasteiger partial charge in [-0.15, -0.1) is 0 Å². The Morgan fingerprint density at radius 2 is 1.94 bits per heavy atom. The van der Waals surface area contributed by atoms with Gasteiger partial charge in [-0.3, -0.25) is 4.79 Å². The van der Waals surface area contributed by atoms with Crippen LogP contribution in [0, 0.1) is 0 Å². The molecular formula is C13H19BrN2O. The van der Waals surface area contributed by atoms with Crippen molar-refractivity contribution in [2.45, 2.75) is 32.2 Å². The van der Waals surface area contributed by atoms with E-state index in [1.807, 2.05) is 38.1 Å². The normalized spacial score (nSPS) is 11.3. The van der Waals surface area contributed by atoms with Crippen LogP contribution in [0.15, 0.2) is 28.7 Å². The van der Waals surface area contributed by atoms with Crippen LogP contribution in [0.3, 0.4) is 0 Å². The van der Waals surface area contributed by atoms with Gasteiger partial charge in [0.25, 0.3) is 0 Å². The van der Waals surface area contributed by atoms with Crippen molar-refractivity contribution >= 4 is 21.8 Å². The second-order valence-electron chi connectivity index (χ2n) is 4.89. The van der Waals surface area contributed by atoms with Crippen LogP contribution in [0.25, 0.3) is 0 Å². The Bertz CT molecular complexity index is 368. The van der Waals surface area contributed by atoms with E-state index in [9.17, 15) is 4.79 Å². The van der Waals surface area contributed by atoms with Crippen LogP contribution in [-0.4, -0.2) is 18.0 Å². The van der Waals surface area contributed by atoms with Gasteiger partial charge >= 0.3 is 0 Å². The Morgan fingerprint density at radius 1 is 1.35 bits per heavy atom. The summed E-state index contributed by atoms with van der Waals surface area (Å²) in [5.41, 5.74) is 6.60. The number of aryl methyl sites for hydroxylation is 1. The number of rotatable bonds is 5. The Kier molecular flexibility index (Phi) is 5.15. The molecule has 0 radical (unpaired) electrons. The lowest BCUT2D eigenvalue weighted by Gasteiger charge is -2.18. The lowest BCUT2D eigenvalue weighted by molar-refractivity contribution is -0.121. The Morgan fingerprint density at radius 3 is 2.47 bits per heavy atom. The minimum atomic E-state index is -0.354. The van der Waals surface area contributed by atoms with Crippen molar-refractivity contribution in [3.63, 3.8) is 0 Å². The van der Waals surface area contributed by atoms with Crippen molar-refractivity contribution in [1.82, 2.24) is 5.32 Å². The monoisotopic (exact) mass is 298 g/mol. The molecule has 1 aromatic rings. The molecule has 3 N–H and O–H groups in total. The number of halogens is 1. The molecule has 1 amide bonds. The zero-order valence-corrected chi connectivity index (χ0v) is 11.9. The number of carbonyl (C=O) groups excluding carboxylic acids is 1. The van der Waals surface area contributed by atoms with E-state index < -0.39 is 0 Å². The van der Waals surface area contributed by atoms with Crippen molar-refractivity contribution in [1.29, 1.82) is 0 Å². The summed E-state index contributed by atoms with van der Waals surface area (Å²) < 4.78 is 1.05. The van der Waals surface area contributed by atoms with Crippen molar-refractivity contribution in [3.05, 3.63) is 34.3 Å². The minimum absolute atomic E-state index is 0.0476. The van der Waals surface area contributed by atoms with Crippen molar-refractivity contribution < 1.29 is 4.79 Å². The first kappa shape index (κ1) is 14.2. The zero-order valence-electron chi connectivity index (χ0n) is 10.3. The topological polar surface area (TPSA) is 55.1 Å². The van der Waals surface area contributed by atoms with E-state index in [-0.39, 0.29) is 11.4 Å². The molecule has 1 rings (SSSR count). The van der Waals surface area contributed by atoms with E-state index >= 15 is 0 Å². The lowest BCUT2D eigenvalue weighted by Crippen LogP contribution is -2.45. The summed E-state index contributed by atoms with van der Waals surface area (Å²) in [7, 11) is 0. The van der Waals surface area contributed by atoms with Gasteiger partial charge in [0.2, 0.25) is 5.91 Å². The van der Waals surface area contributed by atoms with E-state index in [0.29, 0.717) is 13.0 Å². The predicted molar refractivity (Wildman–Crippen MR) is 73.7 cm³/mol. The van der Waals surface area contributed by atoms with Crippen LogP contribution in [0.5, 0.6) is 0 Å². The van der Waals surface area contributed by atoms with Crippen LogP contribution < -0.4 is 11.1 Å². The Balaban J connectivity index is 2.31. The third-order valence-electron chi connectivity index (χ3n) is 2.30. The first-order valence-corrected chi connectivity index (χ1v) is 6.46. The van der Waals surface area contributed by atoms with Crippen molar-refractivity contribution in [3.8, 4) is 0 Å². The van der Waals surface area contributed by atoms with Crippen molar-refractivity contribution in [2.24, 2.45) is 5.73 Å². The third-order valence-corrected chi connectivity index (χ3v) is 2.82. The highest BCUT2D eigenvalue weighted by Gasteiger charge is 2.11. The largest absolute Gasteiger partial charge is 0.354 e. The van der Waals surface area contributed by atoms with Gasteiger partial charge in [0.05, 0.1) is 0 Å². The summed E-state index contributed by atoms with van der Waals surface area (Å²) in [5, 5.41) is 2.83. The molecule has 0 saturated carbocycles. The first-order valence-electron chi connectivity index (χ1n) is 5.67. The summed E-state index contributed by atoms with van der Waals surface area (Å²) in [6, 6.07) is 8.00. The van der Waals surface area contributed by atoms with E-state index in [1.165, 1.54) is 0 Å². The molecule has 1 aromatic carbocycles. The average Bonchev–Trinajstić information content (AvgIpc) is 2.25. The second-order valence-corrected chi connectivity index (χ2v) is 5.81. The molecule has 0 atom stereocenters. The molecule has 4 heteroatoms. The zero-order chi connectivity index (χ0) is 12.9. The SMILES string of the molecule is CC(C)(N)CNC(=O)CCc1ccc(Br)cc1. The van der Waals surface area contributed by atoms with Gasteiger partial charge in [0, 0.05) is 23.0 Å². The average molecular weight is 299 g/mol. The number of nitrogens with two attached hydrogens (primary N) is 1. The van der Waals surface area contributed by atoms with Gasteiger partial charge in [-0.05, 0) is 38.0 Å². The summed E-state index contributed by atoms with van der Waals surface area (Å²) >= 11 is 3.38. The Labute approximate surface area is 111 Å². The summed E-state index contributed by atoms with van der Waals surface area (Å²) in [6.45, 7) is 4.29. The van der Waals surface area contributed by atoms with Crippen LogP contribution in [0.4, 0.5) is 0 Å². The number of hydrogen-bond donors (Lipinski definition) is 2. The molecule has 0 unspecified atom stereocenters. The molecular weight excluding hydrogens is 280 g/mol.